The quantitative estimate of drug-likeness (QED) is 0.0212. The Labute approximate surface area is 348 Å². The van der Waals surface area contributed by atoms with Crippen LogP contribution in [0.25, 0.3) is 0 Å². The Bertz CT molecular complexity index is 1070. The van der Waals surface area contributed by atoms with Crippen LogP contribution in [-0.4, -0.2) is 55.8 Å². The molecule has 1 aliphatic heterocycles. The van der Waals surface area contributed by atoms with E-state index < -0.39 is 17.2 Å². The Balaban J connectivity index is 1.60. The molecule has 1 aromatic carbocycles. The third-order valence-corrected chi connectivity index (χ3v) is 11.5. The van der Waals surface area contributed by atoms with Gasteiger partial charge < -0.3 is 23.7 Å². The van der Waals surface area contributed by atoms with E-state index in [1.54, 1.807) is 0 Å². The second-order valence-corrected chi connectivity index (χ2v) is 16.6. The van der Waals surface area contributed by atoms with E-state index in [0.29, 0.717) is 19.8 Å². The summed E-state index contributed by atoms with van der Waals surface area (Å²) in [6.45, 7) is 6.23. The van der Waals surface area contributed by atoms with Crippen LogP contribution >= 0.6 is 0 Å². The first kappa shape index (κ1) is 50.9. The van der Waals surface area contributed by atoms with Crippen LogP contribution in [0.4, 0.5) is 10.5 Å². The van der Waals surface area contributed by atoms with Crippen molar-refractivity contribution in [2.75, 3.05) is 26.4 Å². The van der Waals surface area contributed by atoms with E-state index in [4.69, 9.17) is 23.7 Å². The van der Waals surface area contributed by atoms with Crippen LogP contribution in [0, 0.1) is 10.1 Å². The number of carbonyl (C=O) groups is 1. The number of nitro groups is 1. The van der Waals surface area contributed by atoms with Crippen molar-refractivity contribution in [1.29, 1.82) is 0 Å². The van der Waals surface area contributed by atoms with E-state index in [1.165, 1.54) is 204 Å². The van der Waals surface area contributed by atoms with Crippen LogP contribution in [0.15, 0.2) is 24.3 Å². The second-order valence-electron chi connectivity index (χ2n) is 16.6. The van der Waals surface area contributed by atoms with Gasteiger partial charge in [0.2, 0.25) is 0 Å². The molecule has 1 aromatic rings. The van der Waals surface area contributed by atoms with E-state index >= 15 is 0 Å². The van der Waals surface area contributed by atoms with E-state index in [0.717, 1.165) is 25.7 Å². The lowest BCUT2D eigenvalue weighted by Gasteiger charge is -2.23. The maximum Gasteiger partial charge on any atom is 0.513 e. The maximum atomic E-state index is 12.4. The topological polar surface area (TPSA) is 106 Å². The minimum absolute atomic E-state index is 0.0195. The molecular formula is C48H85NO8. The summed E-state index contributed by atoms with van der Waals surface area (Å²) in [4.78, 5) is 22.9. The Morgan fingerprint density at radius 2 is 0.947 bits per heavy atom. The largest absolute Gasteiger partial charge is 0.513 e. The average Bonchev–Trinajstić information content (AvgIpc) is 3.60. The summed E-state index contributed by atoms with van der Waals surface area (Å²) in [5, 5.41) is 10.9. The number of rotatable bonds is 40. The smallest absolute Gasteiger partial charge is 0.431 e. The van der Waals surface area contributed by atoms with Gasteiger partial charge in [-0.3, -0.25) is 10.1 Å². The molecule has 0 saturated carbocycles. The molecule has 0 radical (unpaired) electrons. The molecule has 330 valence electrons. The number of nitrogens with zero attached hydrogens (tertiary/aromatic N) is 1. The van der Waals surface area contributed by atoms with Gasteiger partial charge in [-0.25, -0.2) is 4.79 Å². The van der Waals surface area contributed by atoms with Crippen molar-refractivity contribution in [3.8, 4) is 5.75 Å². The van der Waals surface area contributed by atoms with Crippen molar-refractivity contribution >= 4 is 11.8 Å². The third kappa shape index (κ3) is 28.0. The predicted octanol–water partition coefficient (Wildman–Crippen LogP) is 14.8. The number of unbranched alkanes of at least 4 members (excludes halogenated alkanes) is 30. The van der Waals surface area contributed by atoms with Gasteiger partial charge in [0.1, 0.15) is 30.7 Å². The zero-order valence-electron chi connectivity index (χ0n) is 36.7. The molecule has 1 fully saturated rings. The highest BCUT2D eigenvalue weighted by Crippen LogP contribution is 2.24. The van der Waals surface area contributed by atoms with Crippen molar-refractivity contribution in [3.05, 3.63) is 34.4 Å². The molecule has 57 heavy (non-hydrogen) atoms. The summed E-state index contributed by atoms with van der Waals surface area (Å²) in [6.07, 6.45) is 40.7. The molecule has 9 nitrogen and oxygen atoms in total. The van der Waals surface area contributed by atoms with Crippen LogP contribution in [0.2, 0.25) is 0 Å². The summed E-state index contributed by atoms with van der Waals surface area (Å²) >= 11 is 0. The van der Waals surface area contributed by atoms with Gasteiger partial charge in [0.15, 0.2) is 0 Å². The number of nitro benzene ring substituents is 1. The van der Waals surface area contributed by atoms with Gasteiger partial charge in [-0.05, 0) is 25.0 Å². The molecule has 0 amide bonds. The fraction of sp³-hybridized carbons (Fsp3) is 0.854. The summed E-state index contributed by atoms with van der Waals surface area (Å²) in [5.41, 5.74) is -0.0787. The number of hydrogen-bond acceptors (Lipinski definition) is 8. The molecular weight excluding hydrogens is 719 g/mol. The zero-order valence-corrected chi connectivity index (χ0v) is 36.7. The molecule has 0 spiro atoms. The van der Waals surface area contributed by atoms with Crippen molar-refractivity contribution in [1.82, 2.24) is 0 Å². The van der Waals surface area contributed by atoms with E-state index in [9.17, 15) is 14.9 Å². The van der Waals surface area contributed by atoms with Gasteiger partial charge in [0.05, 0.1) is 11.5 Å². The van der Waals surface area contributed by atoms with Gasteiger partial charge in [-0.1, -0.05) is 206 Å². The van der Waals surface area contributed by atoms with Crippen molar-refractivity contribution in [3.63, 3.8) is 0 Å². The Kier molecular flexibility index (Phi) is 32.9. The number of non-ortho nitro benzene ring substituents is 1. The maximum absolute atomic E-state index is 12.4. The molecule has 9 heteroatoms. The summed E-state index contributed by atoms with van der Waals surface area (Å²) in [5.74, 6) is 0.175. The molecule has 2 rings (SSSR count). The average molecular weight is 804 g/mol. The summed E-state index contributed by atoms with van der Waals surface area (Å²) < 4.78 is 29.3. The van der Waals surface area contributed by atoms with Gasteiger partial charge in [-0.15, -0.1) is 0 Å². The highest BCUT2D eigenvalue weighted by atomic mass is 16.7. The van der Waals surface area contributed by atoms with Crippen LogP contribution in [0.1, 0.15) is 219 Å². The molecule has 0 aliphatic carbocycles. The molecule has 1 heterocycles. The lowest BCUT2D eigenvalue weighted by atomic mass is 10.0. The molecule has 0 aromatic heterocycles. The summed E-state index contributed by atoms with van der Waals surface area (Å²) in [7, 11) is 0. The minimum atomic E-state index is -0.887. The van der Waals surface area contributed by atoms with Gasteiger partial charge in [-0.2, -0.15) is 0 Å². The zero-order chi connectivity index (χ0) is 40.9. The first-order valence-electron chi connectivity index (χ1n) is 24.0. The van der Waals surface area contributed by atoms with Gasteiger partial charge in [0.25, 0.3) is 5.69 Å². The van der Waals surface area contributed by atoms with E-state index in [1.807, 2.05) is 0 Å². The highest BCUT2D eigenvalue weighted by molar-refractivity contribution is 5.64. The number of hydrogen-bond donors (Lipinski definition) is 0. The van der Waals surface area contributed by atoms with Crippen molar-refractivity contribution < 1.29 is 33.4 Å². The van der Waals surface area contributed by atoms with Crippen LogP contribution in [0.5, 0.6) is 5.75 Å². The Morgan fingerprint density at radius 1 is 0.579 bits per heavy atom. The third-order valence-electron chi connectivity index (χ3n) is 11.5. The van der Waals surface area contributed by atoms with Gasteiger partial charge >= 0.3 is 6.16 Å². The first-order chi connectivity index (χ1) is 28.0. The first-order valence-corrected chi connectivity index (χ1v) is 24.0. The van der Waals surface area contributed by atoms with Gasteiger partial charge in [0, 0.05) is 25.3 Å². The highest BCUT2D eigenvalue weighted by Gasteiger charge is 2.40. The van der Waals surface area contributed by atoms with Crippen LogP contribution in [-0.2, 0) is 18.9 Å². The minimum Gasteiger partial charge on any atom is -0.431 e. The molecule has 0 bridgehead atoms. The molecule has 0 N–H and O–H groups in total. The van der Waals surface area contributed by atoms with Crippen LogP contribution in [0.3, 0.4) is 0 Å². The molecule has 1 saturated heterocycles. The SMILES string of the molecule is CCCCCCCCCCCCCCCCCCO[C@H]1[C@@H](OCCCCCCCCCCCCCCCCCC)CO[C@@H]1COC(=O)Oc1ccc([N+](=O)[O-])cc1. The second kappa shape index (κ2) is 36.8. The number of benzene rings is 1. The fourth-order valence-corrected chi connectivity index (χ4v) is 7.81. The van der Waals surface area contributed by atoms with Crippen molar-refractivity contribution in [2.45, 2.75) is 238 Å². The lowest BCUT2D eigenvalue weighted by molar-refractivity contribution is -0.384. The summed E-state index contributed by atoms with van der Waals surface area (Å²) in [6, 6.07) is 5.31. The Morgan fingerprint density at radius 3 is 1.33 bits per heavy atom. The lowest BCUT2D eigenvalue weighted by Crippen LogP contribution is -2.38. The number of carbonyl (C=O) groups excluding carboxylic acids is 1. The fourth-order valence-electron chi connectivity index (χ4n) is 7.81. The predicted molar refractivity (Wildman–Crippen MR) is 233 cm³/mol. The van der Waals surface area contributed by atoms with E-state index in [-0.39, 0.29) is 30.3 Å². The molecule has 1 aliphatic rings. The molecule has 3 atom stereocenters. The van der Waals surface area contributed by atoms with Crippen molar-refractivity contribution in [2.24, 2.45) is 0 Å². The number of ether oxygens (including phenoxy) is 5. The van der Waals surface area contributed by atoms with E-state index in [2.05, 4.69) is 13.8 Å². The van der Waals surface area contributed by atoms with Crippen LogP contribution < -0.4 is 4.74 Å². The molecule has 0 unspecified atom stereocenters. The standard InChI is InChI=1S/C48H85NO8/c1-3-5-7-9-11-13-15-17-19-21-23-25-27-29-31-33-39-53-45-41-55-46(42-56-48(50)57-44-37-35-43(36-38-44)49(51)52)47(45)54-40-34-32-30-28-26-24-22-20-18-16-14-12-10-8-6-4-2/h35-38,45-47H,3-34,39-42H2,1-2H3/t45-,46+,47-/m0/s1. The monoisotopic (exact) mass is 804 g/mol. The Hall–Kier alpha value is -2.23. The normalized spacial score (nSPS) is 16.6.